The van der Waals surface area contributed by atoms with Crippen molar-refractivity contribution in [1.29, 1.82) is 0 Å². The lowest BCUT2D eigenvalue weighted by molar-refractivity contribution is -0.353. The van der Waals surface area contributed by atoms with Crippen molar-refractivity contribution in [3.63, 3.8) is 0 Å². The maximum Gasteiger partial charge on any atom is 0.447 e. The van der Waals surface area contributed by atoms with Crippen molar-refractivity contribution in [1.82, 2.24) is 0 Å². The summed E-state index contributed by atoms with van der Waals surface area (Å²) in [6, 6.07) is 0. The van der Waals surface area contributed by atoms with E-state index in [2.05, 4.69) is 11.7 Å². The van der Waals surface area contributed by atoms with Gasteiger partial charge in [-0.25, -0.2) is 0 Å². The number of hydrogen-bond donors (Lipinski definition) is 1. The number of halogens is 3. The largest absolute Gasteiger partial charge is 0.447 e. The highest BCUT2D eigenvalue weighted by Crippen LogP contribution is 2.41. The lowest BCUT2D eigenvalue weighted by atomic mass is 9.95. The van der Waals surface area contributed by atoms with E-state index in [0.717, 1.165) is 19.3 Å². The highest BCUT2D eigenvalue weighted by molar-refractivity contribution is 5.17. The van der Waals surface area contributed by atoms with E-state index in [9.17, 15) is 18.3 Å². The maximum absolute atomic E-state index is 12.9. The van der Waals surface area contributed by atoms with Crippen molar-refractivity contribution < 1.29 is 23.0 Å². The second-order valence-electron chi connectivity index (χ2n) is 5.38. The third-order valence-electron chi connectivity index (χ3n) is 3.67. The minimum atomic E-state index is -4.76. The summed E-state index contributed by atoms with van der Waals surface area (Å²) in [5, 5.41) is 9.72. The summed E-state index contributed by atoms with van der Waals surface area (Å²) < 4.78 is 43.2. The maximum atomic E-state index is 12.9. The average Bonchev–Trinajstić information content (AvgIpc) is 2.38. The van der Waals surface area contributed by atoms with Gasteiger partial charge in [-0.3, -0.25) is 0 Å². The van der Waals surface area contributed by atoms with Crippen LogP contribution >= 0.6 is 0 Å². The van der Waals surface area contributed by atoms with Crippen molar-refractivity contribution >= 4 is 0 Å². The van der Waals surface area contributed by atoms with Crippen LogP contribution in [0.15, 0.2) is 11.6 Å². The van der Waals surface area contributed by atoms with Gasteiger partial charge in [-0.05, 0) is 31.3 Å². The number of rotatable bonds is 7. The molecule has 1 N–H and O–H groups in total. The van der Waals surface area contributed by atoms with Gasteiger partial charge in [0, 0.05) is 0 Å². The summed E-state index contributed by atoms with van der Waals surface area (Å²) in [6.07, 6.45) is 4.70. The van der Waals surface area contributed by atoms with E-state index in [1.807, 2.05) is 0 Å². The van der Waals surface area contributed by atoms with Gasteiger partial charge in [-0.15, -0.1) is 0 Å². The molecule has 1 atom stereocenters. The van der Waals surface area contributed by atoms with E-state index in [-0.39, 0.29) is 18.6 Å². The molecule has 0 aromatic rings. The first kappa shape index (κ1) is 17.5. The van der Waals surface area contributed by atoms with Gasteiger partial charge < -0.3 is 9.84 Å². The number of aliphatic hydroxyl groups is 1. The second-order valence-corrected chi connectivity index (χ2v) is 5.38. The predicted octanol–water partition coefficient (Wildman–Crippen LogP) is 4.72. The summed E-state index contributed by atoms with van der Waals surface area (Å²) in [6.45, 7) is 2.09. The minimum absolute atomic E-state index is 0.0233. The molecule has 5 heteroatoms. The zero-order valence-corrected chi connectivity index (χ0v) is 12.1. The first-order valence-corrected chi connectivity index (χ1v) is 7.54. The van der Waals surface area contributed by atoms with E-state index in [0.29, 0.717) is 12.8 Å². The topological polar surface area (TPSA) is 29.5 Å². The molecule has 0 bridgehead atoms. The fourth-order valence-electron chi connectivity index (χ4n) is 2.45. The molecule has 1 fully saturated rings. The standard InChI is InChI=1S/C15H25F3O2/c1-2-3-4-5-6-7-8-10-13-11-9-12-20-14(13,19)15(16,17)18/h10,19H,2-9,11-12H2,1H3/b13-10+. The summed E-state index contributed by atoms with van der Waals surface area (Å²) in [4.78, 5) is 0. The lowest BCUT2D eigenvalue weighted by Gasteiger charge is -2.36. The summed E-state index contributed by atoms with van der Waals surface area (Å²) in [5.74, 6) is -3.06. The Labute approximate surface area is 119 Å². The lowest BCUT2D eigenvalue weighted by Crippen LogP contribution is -2.51. The van der Waals surface area contributed by atoms with E-state index < -0.39 is 12.0 Å². The molecular weight excluding hydrogens is 269 g/mol. The van der Waals surface area contributed by atoms with Crippen LogP contribution in [0.4, 0.5) is 13.2 Å². The number of alkyl halides is 3. The van der Waals surface area contributed by atoms with Crippen LogP contribution in [0.5, 0.6) is 0 Å². The molecule has 0 saturated carbocycles. The van der Waals surface area contributed by atoms with Crippen LogP contribution in [0.3, 0.4) is 0 Å². The number of unbranched alkanes of at least 4 members (excludes halogenated alkanes) is 6. The highest BCUT2D eigenvalue weighted by atomic mass is 19.4. The third-order valence-corrected chi connectivity index (χ3v) is 3.67. The molecule has 1 aliphatic heterocycles. The Morgan fingerprint density at radius 2 is 1.85 bits per heavy atom. The monoisotopic (exact) mass is 294 g/mol. The Hall–Kier alpha value is -0.550. The van der Waals surface area contributed by atoms with Crippen molar-refractivity contribution in [2.45, 2.75) is 76.7 Å². The molecule has 0 aromatic heterocycles. The van der Waals surface area contributed by atoms with Crippen molar-refractivity contribution in [3.05, 3.63) is 11.6 Å². The van der Waals surface area contributed by atoms with Gasteiger partial charge in [-0.2, -0.15) is 13.2 Å². The zero-order valence-electron chi connectivity index (χ0n) is 12.1. The van der Waals surface area contributed by atoms with Crippen molar-refractivity contribution in [2.24, 2.45) is 0 Å². The van der Waals surface area contributed by atoms with Gasteiger partial charge in [0.2, 0.25) is 0 Å². The Kier molecular flexibility index (Phi) is 7.03. The first-order valence-electron chi connectivity index (χ1n) is 7.54. The van der Waals surface area contributed by atoms with Crippen molar-refractivity contribution in [3.8, 4) is 0 Å². The molecule has 0 amide bonds. The molecule has 118 valence electrons. The van der Waals surface area contributed by atoms with Gasteiger partial charge in [-0.1, -0.05) is 45.1 Å². The molecule has 0 aliphatic carbocycles. The minimum Gasteiger partial charge on any atom is -0.355 e. The molecule has 0 radical (unpaired) electrons. The summed E-state index contributed by atoms with van der Waals surface area (Å²) in [7, 11) is 0. The Balaban J connectivity index is 2.44. The van der Waals surface area contributed by atoms with Gasteiger partial charge in [0.05, 0.1) is 6.61 Å². The highest BCUT2D eigenvalue weighted by Gasteiger charge is 2.58. The average molecular weight is 294 g/mol. The summed E-state index contributed by atoms with van der Waals surface area (Å²) in [5.41, 5.74) is -0.0233. The number of allylic oxidation sites excluding steroid dienone is 1. The first-order chi connectivity index (χ1) is 9.42. The van der Waals surface area contributed by atoms with Crippen LogP contribution < -0.4 is 0 Å². The zero-order chi connectivity index (χ0) is 15.1. The van der Waals surface area contributed by atoms with Gasteiger partial charge >= 0.3 is 6.18 Å². The van der Waals surface area contributed by atoms with Crippen LogP contribution in [0.25, 0.3) is 0 Å². The molecule has 0 aromatic carbocycles. The molecule has 1 heterocycles. The molecule has 2 nitrogen and oxygen atoms in total. The normalized spacial score (nSPS) is 26.1. The smallest absolute Gasteiger partial charge is 0.355 e. The van der Waals surface area contributed by atoms with Crippen LogP contribution in [0.2, 0.25) is 0 Å². The molecule has 1 rings (SSSR count). The van der Waals surface area contributed by atoms with Gasteiger partial charge in [0.25, 0.3) is 5.79 Å². The Bertz CT molecular complexity index is 313. The van der Waals surface area contributed by atoms with Crippen molar-refractivity contribution in [2.75, 3.05) is 6.61 Å². The predicted molar refractivity (Wildman–Crippen MR) is 72.3 cm³/mol. The van der Waals surface area contributed by atoms with E-state index >= 15 is 0 Å². The Morgan fingerprint density at radius 1 is 1.20 bits per heavy atom. The Morgan fingerprint density at radius 3 is 2.50 bits per heavy atom. The van der Waals surface area contributed by atoms with Gasteiger partial charge in [0.1, 0.15) is 0 Å². The van der Waals surface area contributed by atoms with Crippen LogP contribution in [0.1, 0.15) is 64.7 Å². The molecule has 0 spiro atoms. The third kappa shape index (κ3) is 4.77. The van der Waals surface area contributed by atoms with E-state index in [1.165, 1.54) is 25.3 Å². The summed E-state index contributed by atoms with van der Waals surface area (Å²) >= 11 is 0. The number of ether oxygens (including phenoxy) is 1. The molecule has 20 heavy (non-hydrogen) atoms. The molecule has 1 saturated heterocycles. The number of hydrogen-bond acceptors (Lipinski definition) is 2. The quantitative estimate of drug-likeness (QED) is 0.543. The van der Waals surface area contributed by atoms with E-state index in [1.54, 1.807) is 0 Å². The van der Waals surface area contributed by atoms with Gasteiger partial charge in [0.15, 0.2) is 0 Å². The van der Waals surface area contributed by atoms with Crippen LogP contribution in [0, 0.1) is 0 Å². The SMILES string of the molecule is CCCCCCCC/C=C1\CCCOC1(O)C(F)(F)F. The molecular formula is C15H25F3O2. The van der Waals surface area contributed by atoms with Crippen LogP contribution in [-0.2, 0) is 4.74 Å². The van der Waals surface area contributed by atoms with Crippen LogP contribution in [-0.4, -0.2) is 23.7 Å². The fourth-order valence-corrected chi connectivity index (χ4v) is 2.45. The fraction of sp³-hybridized carbons (Fsp3) is 0.867. The second kappa shape index (κ2) is 8.03. The molecule has 1 aliphatic rings. The van der Waals surface area contributed by atoms with E-state index in [4.69, 9.17) is 0 Å². The molecule has 1 unspecified atom stereocenters.